The summed E-state index contributed by atoms with van der Waals surface area (Å²) >= 11 is 3.27. The quantitative estimate of drug-likeness (QED) is 0.697. The number of hydrogen-bond acceptors (Lipinski definition) is 3. The van der Waals surface area contributed by atoms with Gasteiger partial charge in [-0.1, -0.05) is 27.6 Å². The number of likely N-dealkylation sites (N-methyl/N-ethyl adjacent to an activating group) is 1. The standard InChI is InChI=1S/C17H23BrN2O3S/c1-20(24(22,23)16-9-7-15(18)8-10-16)13-17(21)19-12-11-14-5-3-2-4-6-14/h5,7-10H,2-4,6,11-13H2,1H3,(H,19,21). The molecule has 0 atom stereocenters. The third-order valence-electron chi connectivity index (χ3n) is 4.04. The number of hydrogen-bond donors (Lipinski definition) is 1. The Hall–Kier alpha value is -1.18. The van der Waals surface area contributed by atoms with Gasteiger partial charge in [-0.15, -0.1) is 0 Å². The average molecular weight is 415 g/mol. The number of benzene rings is 1. The fourth-order valence-corrected chi connectivity index (χ4v) is 4.02. The Morgan fingerprint density at radius 3 is 2.58 bits per heavy atom. The molecule has 0 spiro atoms. The molecule has 1 aromatic carbocycles. The molecular weight excluding hydrogens is 392 g/mol. The highest BCUT2D eigenvalue weighted by atomic mass is 79.9. The first-order valence-electron chi connectivity index (χ1n) is 8.06. The van der Waals surface area contributed by atoms with E-state index in [0.29, 0.717) is 6.54 Å². The second kappa shape index (κ2) is 8.78. The van der Waals surface area contributed by atoms with E-state index in [4.69, 9.17) is 0 Å². The number of nitrogens with zero attached hydrogens (tertiary/aromatic N) is 1. The van der Waals surface area contributed by atoms with Crippen LogP contribution in [0, 0.1) is 0 Å². The van der Waals surface area contributed by atoms with Crippen LogP contribution in [-0.4, -0.2) is 38.8 Å². The molecule has 7 heteroatoms. The van der Waals surface area contributed by atoms with Crippen LogP contribution < -0.4 is 5.32 Å². The normalized spacial score (nSPS) is 15.2. The van der Waals surface area contributed by atoms with Gasteiger partial charge in [0.05, 0.1) is 11.4 Å². The average Bonchev–Trinajstić information content (AvgIpc) is 2.56. The Kier molecular flexibility index (Phi) is 7.01. The number of amides is 1. The molecule has 0 fully saturated rings. The first-order chi connectivity index (χ1) is 11.4. The summed E-state index contributed by atoms with van der Waals surface area (Å²) in [5.41, 5.74) is 1.39. The van der Waals surface area contributed by atoms with Crippen LogP contribution >= 0.6 is 15.9 Å². The summed E-state index contributed by atoms with van der Waals surface area (Å²) in [6, 6.07) is 6.37. The molecule has 0 aromatic heterocycles. The molecule has 1 aliphatic carbocycles. The van der Waals surface area contributed by atoms with Crippen molar-refractivity contribution < 1.29 is 13.2 Å². The molecule has 132 valence electrons. The van der Waals surface area contributed by atoms with Crippen molar-refractivity contribution in [2.75, 3.05) is 20.1 Å². The molecule has 2 rings (SSSR count). The zero-order chi connectivity index (χ0) is 17.6. The lowest BCUT2D eigenvalue weighted by Gasteiger charge is -2.17. The molecule has 0 heterocycles. The molecule has 5 nitrogen and oxygen atoms in total. The van der Waals surface area contributed by atoms with Gasteiger partial charge in [0.1, 0.15) is 0 Å². The summed E-state index contributed by atoms with van der Waals surface area (Å²) in [6.45, 7) is 0.369. The summed E-state index contributed by atoms with van der Waals surface area (Å²) in [5.74, 6) is -0.283. The molecule has 0 aliphatic heterocycles. The van der Waals surface area contributed by atoms with Gasteiger partial charge >= 0.3 is 0 Å². The number of halogens is 1. The van der Waals surface area contributed by atoms with Crippen LogP contribution in [0.5, 0.6) is 0 Å². The van der Waals surface area contributed by atoms with E-state index in [1.165, 1.54) is 37.6 Å². The lowest BCUT2D eigenvalue weighted by Crippen LogP contribution is -2.38. The van der Waals surface area contributed by atoms with Gasteiger partial charge in [-0.3, -0.25) is 4.79 Å². The molecule has 1 aliphatic rings. The van der Waals surface area contributed by atoms with E-state index in [9.17, 15) is 13.2 Å². The van der Waals surface area contributed by atoms with E-state index in [-0.39, 0.29) is 17.3 Å². The second-order valence-electron chi connectivity index (χ2n) is 5.92. The van der Waals surface area contributed by atoms with Crippen LogP contribution in [0.25, 0.3) is 0 Å². The molecule has 0 bridgehead atoms. The van der Waals surface area contributed by atoms with Crippen LogP contribution in [0.15, 0.2) is 45.3 Å². The third kappa shape index (κ3) is 5.43. The molecule has 0 saturated heterocycles. The smallest absolute Gasteiger partial charge is 0.243 e. The summed E-state index contributed by atoms with van der Waals surface area (Å²) in [4.78, 5) is 12.2. The van der Waals surface area contributed by atoms with Crippen LogP contribution in [-0.2, 0) is 14.8 Å². The summed E-state index contributed by atoms with van der Waals surface area (Å²) in [6.07, 6.45) is 7.78. The van der Waals surface area contributed by atoms with E-state index in [2.05, 4.69) is 27.3 Å². The molecule has 0 radical (unpaired) electrons. The van der Waals surface area contributed by atoms with Gasteiger partial charge in [-0.25, -0.2) is 8.42 Å². The van der Waals surface area contributed by atoms with Crippen molar-refractivity contribution in [2.24, 2.45) is 0 Å². The molecule has 1 N–H and O–H groups in total. The molecule has 1 amide bonds. The molecule has 0 unspecified atom stereocenters. The van der Waals surface area contributed by atoms with Gasteiger partial charge in [0.25, 0.3) is 0 Å². The van der Waals surface area contributed by atoms with Crippen molar-refractivity contribution in [3.63, 3.8) is 0 Å². The van der Waals surface area contributed by atoms with Gasteiger partial charge < -0.3 is 5.32 Å². The molecular formula is C17H23BrN2O3S. The third-order valence-corrected chi connectivity index (χ3v) is 6.39. The minimum absolute atomic E-state index is 0.174. The van der Waals surface area contributed by atoms with Crippen LogP contribution in [0.2, 0.25) is 0 Å². The maximum atomic E-state index is 12.4. The van der Waals surface area contributed by atoms with Crippen molar-refractivity contribution in [3.8, 4) is 0 Å². The first kappa shape index (κ1) is 19.1. The Labute approximate surface area is 152 Å². The predicted octanol–water partition coefficient (Wildman–Crippen LogP) is 3.08. The Bertz CT molecular complexity index is 699. The molecule has 1 aromatic rings. The van der Waals surface area contributed by atoms with Crippen LogP contribution in [0.3, 0.4) is 0 Å². The number of nitrogens with one attached hydrogen (secondary N) is 1. The van der Waals surface area contributed by atoms with E-state index in [1.54, 1.807) is 12.1 Å². The fraction of sp³-hybridized carbons (Fsp3) is 0.471. The monoisotopic (exact) mass is 414 g/mol. The van der Waals surface area contributed by atoms with Gasteiger partial charge in [0.2, 0.25) is 15.9 Å². The number of sulfonamides is 1. The zero-order valence-electron chi connectivity index (χ0n) is 13.8. The maximum Gasteiger partial charge on any atom is 0.243 e. The first-order valence-corrected chi connectivity index (χ1v) is 10.3. The maximum absolute atomic E-state index is 12.4. The largest absolute Gasteiger partial charge is 0.355 e. The minimum atomic E-state index is -3.66. The highest BCUT2D eigenvalue weighted by Crippen LogP contribution is 2.19. The summed E-state index contributed by atoms with van der Waals surface area (Å²) in [7, 11) is -2.24. The van der Waals surface area contributed by atoms with E-state index in [0.717, 1.165) is 28.0 Å². The SMILES string of the molecule is CN(CC(=O)NCCC1=CCCCC1)S(=O)(=O)c1ccc(Br)cc1. The molecule has 0 saturated carbocycles. The van der Waals surface area contributed by atoms with E-state index < -0.39 is 10.0 Å². The van der Waals surface area contributed by atoms with Crippen LogP contribution in [0.4, 0.5) is 0 Å². The highest BCUT2D eigenvalue weighted by molar-refractivity contribution is 9.10. The zero-order valence-corrected chi connectivity index (χ0v) is 16.2. The summed E-state index contributed by atoms with van der Waals surface area (Å²) < 4.78 is 26.7. The van der Waals surface area contributed by atoms with Crippen molar-refractivity contribution in [1.29, 1.82) is 0 Å². The minimum Gasteiger partial charge on any atom is -0.355 e. The Morgan fingerprint density at radius 2 is 1.96 bits per heavy atom. The Morgan fingerprint density at radius 1 is 1.25 bits per heavy atom. The topological polar surface area (TPSA) is 66.5 Å². The lowest BCUT2D eigenvalue weighted by molar-refractivity contribution is -0.121. The van der Waals surface area contributed by atoms with Crippen molar-refractivity contribution in [2.45, 2.75) is 37.0 Å². The number of carbonyl (C=O) groups excluding carboxylic acids is 1. The van der Waals surface area contributed by atoms with Gasteiger partial charge in [-0.2, -0.15) is 4.31 Å². The lowest BCUT2D eigenvalue weighted by atomic mass is 9.97. The fourth-order valence-electron chi connectivity index (χ4n) is 2.62. The van der Waals surface area contributed by atoms with E-state index >= 15 is 0 Å². The van der Waals surface area contributed by atoms with Crippen molar-refractivity contribution in [1.82, 2.24) is 9.62 Å². The molecule has 24 heavy (non-hydrogen) atoms. The van der Waals surface area contributed by atoms with Gasteiger partial charge in [-0.05, 0) is 56.4 Å². The van der Waals surface area contributed by atoms with Gasteiger partial charge in [0.15, 0.2) is 0 Å². The number of rotatable bonds is 7. The Balaban J connectivity index is 1.84. The van der Waals surface area contributed by atoms with E-state index in [1.807, 2.05) is 0 Å². The van der Waals surface area contributed by atoms with Gasteiger partial charge in [0, 0.05) is 18.1 Å². The van der Waals surface area contributed by atoms with Crippen molar-refractivity contribution >= 4 is 31.9 Å². The number of carbonyl (C=O) groups is 1. The highest BCUT2D eigenvalue weighted by Gasteiger charge is 2.22. The predicted molar refractivity (Wildman–Crippen MR) is 98.1 cm³/mol. The number of allylic oxidation sites excluding steroid dienone is 1. The van der Waals surface area contributed by atoms with Crippen molar-refractivity contribution in [3.05, 3.63) is 40.4 Å². The van der Waals surface area contributed by atoms with Crippen LogP contribution in [0.1, 0.15) is 32.1 Å². The second-order valence-corrected chi connectivity index (χ2v) is 8.88. The summed E-state index contributed by atoms with van der Waals surface area (Å²) in [5, 5.41) is 2.80.